The van der Waals surface area contributed by atoms with Crippen LogP contribution in [0.5, 0.6) is 0 Å². The SMILES string of the molecule is Cc1nc(NCCCl)nc(NCCCl)c1[N+](=O)[O-]. The maximum Gasteiger partial charge on any atom is 0.332 e. The number of aryl methyl sites for hydroxylation is 1. The van der Waals surface area contributed by atoms with Gasteiger partial charge in [-0.3, -0.25) is 10.1 Å². The van der Waals surface area contributed by atoms with Crippen molar-refractivity contribution in [2.24, 2.45) is 0 Å². The zero-order valence-corrected chi connectivity index (χ0v) is 11.3. The Balaban J connectivity index is 3.06. The summed E-state index contributed by atoms with van der Waals surface area (Å²) in [5, 5.41) is 16.6. The van der Waals surface area contributed by atoms with Gasteiger partial charge in [0, 0.05) is 24.8 Å². The Labute approximate surface area is 114 Å². The molecule has 0 aliphatic rings. The summed E-state index contributed by atoms with van der Waals surface area (Å²) in [6, 6.07) is 0. The van der Waals surface area contributed by atoms with Gasteiger partial charge in [0.05, 0.1) is 4.92 Å². The number of aromatic nitrogens is 2. The van der Waals surface area contributed by atoms with Crippen LogP contribution in [-0.4, -0.2) is 39.7 Å². The molecule has 1 rings (SSSR count). The van der Waals surface area contributed by atoms with Gasteiger partial charge in [0.15, 0.2) is 0 Å². The number of nitrogens with one attached hydrogen (secondary N) is 2. The predicted molar refractivity (Wildman–Crippen MR) is 71.8 cm³/mol. The summed E-state index contributed by atoms with van der Waals surface area (Å²) < 4.78 is 0. The van der Waals surface area contributed by atoms with E-state index in [0.717, 1.165) is 0 Å². The Morgan fingerprint density at radius 3 is 2.39 bits per heavy atom. The molecule has 18 heavy (non-hydrogen) atoms. The lowest BCUT2D eigenvalue weighted by molar-refractivity contribution is -0.385. The quantitative estimate of drug-likeness (QED) is 0.454. The van der Waals surface area contributed by atoms with Crippen molar-refractivity contribution in [3.8, 4) is 0 Å². The zero-order valence-electron chi connectivity index (χ0n) is 9.74. The van der Waals surface area contributed by atoms with Crippen LogP contribution in [0.3, 0.4) is 0 Å². The van der Waals surface area contributed by atoms with Gasteiger partial charge in [-0.1, -0.05) is 0 Å². The van der Waals surface area contributed by atoms with Crippen LogP contribution in [0, 0.1) is 17.0 Å². The molecule has 9 heteroatoms. The fourth-order valence-corrected chi connectivity index (χ4v) is 1.50. The average Bonchev–Trinajstić information content (AvgIpc) is 2.32. The molecule has 0 unspecified atom stereocenters. The highest BCUT2D eigenvalue weighted by Crippen LogP contribution is 2.26. The number of anilines is 2. The van der Waals surface area contributed by atoms with Gasteiger partial charge < -0.3 is 10.6 Å². The van der Waals surface area contributed by atoms with Crippen LogP contribution in [0.2, 0.25) is 0 Å². The molecule has 0 spiro atoms. The monoisotopic (exact) mass is 293 g/mol. The van der Waals surface area contributed by atoms with Gasteiger partial charge in [0.1, 0.15) is 5.69 Å². The predicted octanol–water partition coefficient (Wildman–Crippen LogP) is 1.99. The van der Waals surface area contributed by atoms with Crippen LogP contribution in [0.15, 0.2) is 0 Å². The number of halogens is 2. The minimum absolute atomic E-state index is 0.142. The summed E-state index contributed by atoms with van der Waals surface area (Å²) in [7, 11) is 0. The minimum Gasteiger partial charge on any atom is -0.363 e. The van der Waals surface area contributed by atoms with Gasteiger partial charge in [-0.05, 0) is 6.92 Å². The van der Waals surface area contributed by atoms with E-state index in [0.29, 0.717) is 30.8 Å². The number of nitro groups is 1. The zero-order chi connectivity index (χ0) is 13.5. The van der Waals surface area contributed by atoms with E-state index in [2.05, 4.69) is 20.6 Å². The van der Waals surface area contributed by atoms with E-state index in [1.165, 1.54) is 0 Å². The molecule has 0 aliphatic heterocycles. The van der Waals surface area contributed by atoms with Crippen LogP contribution in [0.1, 0.15) is 5.69 Å². The third-order valence-electron chi connectivity index (χ3n) is 2.01. The molecule has 0 saturated heterocycles. The first kappa shape index (κ1) is 14.7. The largest absolute Gasteiger partial charge is 0.363 e. The second-order valence-corrected chi connectivity index (χ2v) is 4.07. The van der Waals surface area contributed by atoms with Gasteiger partial charge in [-0.2, -0.15) is 4.98 Å². The summed E-state index contributed by atoms with van der Waals surface area (Å²) in [5.41, 5.74) is 0.140. The molecule has 0 aromatic carbocycles. The van der Waals surface area contributed by atoms with Crippen molar-refractivity contribution in [1.82, 2.24) is 9.97 Å². The van der Waals surface area contributed by atoms with Crippen LogP contribution in [-0.2, 0) is 0 Å². The topological polar surface area (TPSA) is 93.0 Å². The van der Waals surface area contributed by atoms with Crippen LogP contribution in [0.4, 0.5) is 17.5 Å². The van der Waals surface area contributed by atoms with Crippen molar-refractivity contribution in [3.05, 3.63) is 15.8 Å². The molecule has 7 nitrogen and oxygen atoms in total. The Hall–Kier alpha value is -1.34. The third kappa shape index (κ3) is 3.85. The van der Waals surface area contributed by atoms with E-state index in [9.17, 15) is 10.1 Å². The Bertz CT molecular complexity index is 430. The molecule has 0 fully saturated rings. The van der Waals surface area contributed by atoms with Gasteiger partial charge in [0.25, 0.3) is 0 Å². The number of hydrogen-bond donors (Lipinski definition) is 2. The van der Waals surface area contributed by atoms with Crippen molar-refractivity contribution in [3.63, 3.8) is 0 Å². The molecule has 1 aromatic heterocycles. The molecule has 100 valence electrons. The molecule has 0 bridgehead atoms. The van der Waals surface area contributed by atoms with Crippen LogP contribution in [0.25, 0.3) is 0 Å². The highest BCUT2D eigenvalue weighted by molar-refractivity contribution is 6.18. The summed E-state index contributed by atoms with van der Waals surface area (Å²) in [5.74, 6) is 1.18. The van der Waals surface area contributed by atoms with Crippen LogP contribution >= 0.6 is 23.2 Å². The van der Waals surface area contributed by atoms with E-state index in [1.54, 1.807) is 6.92 Å². The molecule has 2 N–H and O–H groups in total. The lowest BCUT2D eigenvalue weighted by Gasteiger charge is -2.09. The van der Waals surface area contributed by atoms with Gasteiger partial charge in [0.2, 0.25) is 11.8 Å². The van der Waals surface area contributed by atoms with E-state index in [-0.39, 0.29) is 17.2 Å². The molecule has 1 aromatic rings. The molecule has 0 atom stereocenters. The fraction of sp³-hybridized carbons (Fsp3) is 0.556. The summed E-state index contributed by atoms with van der Waals surface area (Å²) >= 11 is 11.1. The van der Waals surface area contributed by atoms with Gasteiger partial charge in [-0.25, -0.2) is 4.98 Å². The van der Waals surface area contributed by atoms with E-state index < -0.39 is 4.92 Å². The lowest BCUT2D eigenvalue weighted by Crippen LogP contribution is -2.13. The van der Waals surface area contributed by atoms with Crippen molar-refractivity contribution in [2.75, 3.05) is 35.5 Å². The molecule has 1 heterocycles. The molecule has 0 amide bonds. The smallest absolute Gasteiger partial charge is 0.332 e. The Morgan fingerprint density at radius 1 is 1.22 bits per heavy atom. The Kier molecular flexibility index (Phi) is 5.87. The fourth-order valence-electron chi connectivity index (χ4n) is 1.31. The standard InChI is InChI=1S/C9H13Cl2N5O2/c1-6-7(16(17)18)8(12-4-2-10)15-9(14-6)13-5-3-11/h2-5H2,1H3,(H2,12,13,14,15). The maximum absolute atomic E-state index is 10.9. The molecular weight excluding hydrogens is 281 g/mol. The van der Waals surface area contributed by atoms with E-state index in [1.807, 2.05) is 0 Å². The van der Waals surface area contributed by atoms with E-state index >= 15 is 0 Å². The Morgan fingerprint density at radius 2 is 1.83 bits per heavy atom. The van der Waals surface area contributed by atoms with Crippen molar-refractivity contribution >= 4 is 40.7 Å². The lowest BCUT2D eigenvalue weighted by atomic mass is 10.3. The van der Waals surface area contributed by atoms with Crippen molar-refractivity contribution in [1.29, 1.82) is 0 Å². The first-order valence-electron chi connectivity index (χ1n) is 5.22. The molecule has 0 aliphatic carbocycles. The highest BCUT2D eigenvalue weighted by atomic mass is 35.5. The van der Waals surface area contributed by atoms with Gasteiger partial charge >= 0.3 is 5.69 Å². The van der Waals surface area contributed by atoms with Crippen molar-refractivity contribution < 1.29 is 4.92 Å². The number of hydrogen-bond acceptors (Lipinski definition) is 6. The summed E-state index contributed by atoms with van der Waals surface area (Å²) in [6.07, 6.45) is 0. The normalized spacial score (nSPS) is 10.2. The van der Waals surface area contributed by atoms with Crippen LogP contribution < -0.4 is 10.6 Å². The van der Waals surface area contributed by atoms with Crippen molar-refractivity contribution in [2.45, 2.75) is 6.92 Å². The minimum atomic E-state index is -0.517. The summed E-state index contributed by atoms with van der Waals surface area (Å²) in [4.78, 5) is 18.5. The maximum atomic E-state index is 10.9. The first-order valence-corrected chi connectivity index (χ1v) is 6.29. The molecule has 0 saturated carbocycles. The number of rotatable bonds is 7. The summed E-state index contributed by atoms with van der Waals surface area (Å²) in [6.45, 7) is 2.42. The molecular formula is C9H13Cl2N5O2. The van der Waals surface area contributed by atoms with E-state index in [4.69, 9.17) is 23.2 Å². The third-order valence-corrected chi connectivity index (χ3v) is 2.38. The second kappa shape index (κ2) is 7.17. The number of nitrogens with zero attached hydrogens (tertiary/aromatic N) is 3. The second-order valence-electron chi connectivity index (χ2n) is 3.32. The highest BCUT2D eigenvalue weighted by Gasteiger charge is 2.21. The first-order chi connectivity index (χ1) is 8.60. The number of alkyl halides is 2. The average molecular weight is 294 g/mol. The van der Waals surface area contributed by atoms with Gasteiger partial charge in [-0.15, -0.1) is 23.2 Å². The molecule has 0 radical (unpaired) electrons.